The first-order valence-corrected chi connectivity index (χ1v) is 8.17. The third-order valence-electron chi connectivity index (χ3n) is 2.92. The number of carbonyl (C=O) groups excluding carboxylic acids is 2. The Labute approximate surface area is 139 Å². The predicted molar refractivity (Wildman–Crippen MR) is 90.1 cm³/mol. The molecule has 0 saturated carbocycles. The molecule has 0 heterocycles. The third kappa shape index (κ3) is 5.67. The minimum atomic E-state index is -0.684. The number of rotatable bonds is 5. The molecule has 0 saturated heterocycles. The van der Waals surface area contributed by atoms with Crippen molar-refractivity contribution in [2.45, 2.75) is 17.6 Å². The molecule has 0 aliphatic carbocycles. The van der Waals surface area contributed by atoms with Crippen LogP contribution in [-0.4, -0.2) is 18.6 Å². The first-order chi connectivity index (χ1) is 11.2. The van der Waals surface area contributed by atoms with Crippen LogP contribution in [0.5, 0.6) is 0 Å². The molecule has 0 atom stereocenters. The van der Waals surface area contributed by atoms with E-state index in [2.05, 4.69) is 27.7 Å². The summed E-state index contributed by atoms with van der Waals surface area (Å²) >= 11 is 1.70. The van der Waals surface area contributed by atoms with Crippen LogP contribution in [0.15, 0.2) is 59.5 Å². The van der Waals surface area contributed by atoms with Gasteiger partial charge in [0.05, 0.1) is 6.61 Å². The van der Waals surface area contributed by atoms with Gasteiger partial charge in [0, 0.05) is 16.2 Å². The van der Waals surface area contributed by atoms with E-state index in [1.807, 2.05) is 30.3 Å². The lowest BCUT2D eigenvalue weighted by molar-refractivity contribution is 0.0912. The van der Waals surface area contributed by atoms with Crippen LogP contribution in [0.3, 0.4) is 0 Å². The lowest BCUT2D eigenvalue weighted by Crippen LogP contribution is -2.41. The second-order valence-electron chi connectivity index (χ2n) is 4.60. The Hall–Kier alpha value is -2.47. The van der Waals surface area contributed by atoms with Gasteiger partial charge in [-0.25, -0.2) is 10.2 Å². The average molecular weight is 330 g/mol. The second-order valence-corrected chi connectivity index (χ2v) is 5.65. The van der Waals surface area contributed by atoms with E-state index in [0.29, 0.717) is 5.56 Å². The highest BCUT2D eigenvalue weighted by atomic mass is 32.2. The number of amides is 2. The third-order valence-corrected chi connectivity index (χ3v) is 4.00. The minimum Gasteiger partial charge on any atom is -0.449 e. The van der Waals surface area contributed by atoms with E-state index in [1.54, 1.807) is 30.8 Å². The summed E-state index contributed by atoms with van der Waals surface area (Å²) in [6.07, 6.45) is -0.684. The van der Waals surface area contributed by atoms with E-state index >= 15 is 0 Å². The normalized spacial score (nSPS) is 9.96. The van der Waals surface area contributed by atoms with Crippen molar-refractivity contribution in [3.05, 3.63) is 65.7 Å². The van der Waals surface area contributed by atoms with Gasteiger partial charge in [0.15, 0.2) is 0 Å². The van der Waals surface area contributed by atoms with Crippen LogP contribution in [0.2, 0.25) is 0 Å². The summed E-state index contributed by atoms with van der Waals surface area (Å²) in [4.78, 5) is 24.0. The smallest absolute Gasteiger partial charge is 0.426 e. The van der Waals surface area contributed by atoms with Crippen molar-refractivity contribution in [3.63, 3.8) is 0 Å². The fraction of sp³-hybridized carbons (Fsp3) is 0.176. The molecule has 0 unspecified atom stereocenters. The molecule has 5 nitrogen and oxygen atoms in total. The molecule has 0 spiro atoms. The molecule has 0 bridgehead atoms. The van der Waals surface area contributed by atoms with E-state index in [1.165, 1.54) is 5.56 Å². The maximum absolute atomic E-state index is 11.9. The molecule has 6 heteroatoms. The Bertz CT molecular complexity index is 645. The summed E-state index contributed by atoms with van der Waals surface area (Å²) < 4.78 is 4.65. The monoisotopic (exact) mass is 330 g/mol. The zero-order chi connectivity index (χ0) is 16.5. The van der Waals surface area contributed by atoms with Crippen molar-refractivity contribution < 1.29 is 14.3 Å². The van der Waals surface area contributed by atoms with Crippen LogP contribution in [0.25, 0.3) is 0 Å². The van der Waals surface area contributed by atoms with Gasteiger partial charge in [0.1, 0.15) is 0 Å². The van der Waals surface area contributed by atoms with Gasteiger partial charge in [0.25, 0.3) is 5.91 Å². The lowest BCUT2D eigenvalue weighted by Gasteiger charge is -2.07. The molecule has 0 fully saturated rings. The Balaban J connectivity index is 1.84. The van der Waals surface area contributed by atoms with E-state index in [4.69, 9.17) is 0 Å². The van der Waals surface area contributed by atoms with Crippen LogP contribution >= 0.6 is 11.8 Å². The van der Waals surface area contributed by atoms with E-state index in [9.17, 15) is 9.59 Å². The number of benzene rings is 2. The SMILES string of the molecule is CCOC(=O)NNC(=O)c1ccc(SCc2ccccc2)cc1. The van der Waals surface area contributed by atoms with Gasteiger partial charge in [-0.2, -0.15) is 0 Å². The Morgan fingerprint density at radius 1 is 1.00 bits per heavy atom. The fourth-order valence-corrected chi connectivity index (χ4v) is 2.64. The van der Waals surface area contributed by atoms with Gasteiger partial charge in [-0.3, -0.25) is 10.2 Å². The molecule has 2 aromatic rings. The molecular formula is C17H18N2O3S. The summed E-state index contributed by atoms with van der Waals surface area (Å²) in [6.45, 7) is 1.93. The van der Waals surface area contributed by atoms with Crippen LogP contribution in [0.1, 0.15) is 22.8 Å². The molecule has 2 aromatic carbocycles. The maximum atomic E-state index is 11.9. The van der Waals surface area contributed by atoms with Crippen molar-refractivity contribution >= 4 is 23.8 Å². The molecule has 0 radical (unpaired) electrons. The standard InChI is InChI=1S/C17H18N2O3S/c1-2-22-17(21)19-18-16(20)14-8-10-15(11-9-14)23-12-13-6-4-3-5-7-13/h3-11H,2,12H2,1H3,(H,18,20)(H,19,21). The topological polar surface area (TPSA) is 67.4 Å². The summed E-state index contributed by atoms with van der Waals surface area (Å²) in [6, 6.07) is 17.4. The predicted octanol–water partition coefficient (Wildman–Crippen LogP) is 3.37. The van der Waals surface area contributed by atoms with E-state index in [-0.39, 0.29) is 6.61 Å². The Morgan fingerprint density at radius 3 is 2.35 bits per heavy atom. The molecule has 2 rings (SSSR count). The van der Waals surface area contributed by atoms with Crippen LogP contribution in [0, 0.1) is 0 Å². The summed E-state index contributed by atoms with van der Waals surface area (Å²) in [5, 5.41) is 0. The van der Waals surface area contributed by atoms with Gasteiger partial charge >= 0.3 is 6.09 Å². The van der Waals surface area contributed by atoms with Crippen molar-refractivity contribution in [1.82, 2.24) is 10.9 Å². The van der Waals surface area contributed by atoms with Crippen molar-refractivity contribution in [3.8, 4) is 0 Å². The molecule has 0 aliphatic heterocycles. The molecule has 2 amide bonds. The molecule has 0 aromatic heterocycles. The van der Waals surface area contributed by atoms with Crippen LogP contribution in [-0.2, 0) is 10.5 Å². The number of hydrogen-bond acceptors (Lipinski definition) is 4. The number of hydrazine groups is 1. The summed E-state index contributed by atoms with van der Waals surface area (Å²) in [5.41, 5.74) is 6.18. The van der Waals surface area contributed by atoms with Gasteiger partial charge in [-0.1, -0.05) is 30.3 Å². The number of carbonyl (C=O) groups is 2. The highest BCUT2D eigenvalue weighted by Crippen LogP contribution is 2.22. The highest BCUT2D eigenvalue weighted by molar-refractivity contribution is 7.98. The van der Waals surface area contributed by atoms with Crippen molar-refractivity contribution in [1.29, 1.82) is 0 Å². The number of hydrogen-bond donors (Lipinski definition) is 2. The Kier molecular flexibility index (Phi) is 6.50. The molecule has 2 N–H and O–H groups in total. The maximum Gasteiger partial charge on any atom is 0.426 e. The van der Waals surface area contributed by atoms with Gasteiger partial charge in [0.2, 0.25) is 0 Å². The highest BCUT2D eigenvalue weighted by Gasteiger charge is 2.07. The average Bonchev–Trinajstić information content (AvgIpc) is 2.59. The summed E-state index contributed by atoms with van der Waals surface area (Å²) in [7, 11) is 0. The molecule has 23 heavy (non-hydrogen) atoms. The van der Waals surface area contributed by atoms with E-state index < -0.39 is 12.0 Å². The Morgan fingerprint density at radius 2 is 1.70 bits per heavy atom. The van der Waals surface area contributed by atoms with Gasteiger partial charge in [-0.15, -0.1) is 11.8 Å². The minimum absolute atomic E-state index is 0.245. The second kappa shape index (κ2) is 8.85. The number of ether oxygens (including phenoxy) is 1. The van der Waals surface area contributed by atoms with Crippen LogP contribution < -0.4 is 10.9 Å². The zero-order valence-corrected chi connectivity index (χ0v) is 13.6. The first-order valence-electron chi connectivity index (χ1n) is 7.19. The van der Waals surface area contributed by atoms with Gasteiger partial charge in [-0.05, 0) is 36.8 Å². The number of thioether (sulfide) groups is 1. The fourth-order valence-electron chi connectivity index (χ4n) is 1.79. The van der Waals surface area contributed by atoms with Crippen LogP contribution in [0.4, 0.5) is 4.79 Å². The van der Waals surface area contributed by atoms with Crippen molar-refractivity contribution in [2.75, 3.05) is 6.61 Å². The van der Waals surface area contributed by atoms with Crippen molar-refractivity contribution in [2.24, 2.45) is 0 Å². The van der Waals surface area contributed by atoms with E-state index in [0.717, 1.165) is 10.6 Å². The molecule has 120 valence electrons. The van der Waals surface area contributed by atoms with Gasteiger partial charge < -0.3 is 4.74 Å². The first kappa shape index (κ1) is 16.9. The largest absolute Gasteiger partial charge is 0.449 e. The quantitative estimate of drug-likeness (QED) is 0.651. The lowest BCUT2D eigenvalue weighted by atomic mass is 10.2. The molecular weight excluding hydrogens is 312 g/mol. The number of nitrogens with one attached hydrogen (secondary N) is 2. The zero-order valence-electron chi connectivity index (χ0n) is 12.7. The summed E-state index contributed by atoms with van der Waals surface area (Å²) in [5.74, 6) is 0.481. The molecule has 0 aliphatic rings.